The van der Waals surface area contributed by atoms with Gasteiger partial charge in [-0.2, -0.15) is 0 Å². The van der Waals surface area contributed by atoms with Gasteiger partial charge < -0.3 is 20.3 Å². The minimum atomic E-state index is -0.907. The SMILES string of the molecule is CC(=O)NC1CC(O)OC(C)C1O. The predicted molar refractivity (Wildman–Crippen MR) is 44.8 cm³/mol. The fraction of sp³-hybridized carbons (Fsp3) is 0.875. The summed E-state index contributed by atoms with van der Waals surface area (Å²) in [5, 5.41) is 21.3. The second kappa shape index (κ2) is 4.04. The number of nitrogens with one attached hydrogen (secondary N) is 1. The molecule has 0 spiro atoms. The third-order valence-corrected chi connectivity index (χ3v) is 2.11. The highest BCUT2D eigenvalue weighted by Crippen LogP contribution is 2.18. The van der Waals surface area contributed by atoms with Crippen molar-refractivity contribution in [1.29, 1.82) is 0 Å². The first-order valence-corrected chi connectivity index (χ1v) is 4.29. The molecule has 1 rings (SSSR count). The van der Waals surface area contributed by atoms with Crippen molar-refractivity contribution in [1.82, 2.24) is 5.32 Å². The van der Waals surface area contributed by atoms with Gasteiger partial charge in [0.05, 0.1) is 12.1 Å². The van der Waals surface area contributed by atoms with Gasteiger partial charge in [-0.15, -0.1) is 0 Å². The quantitative estimate of drug-likeness (QED) is 0.493. The Kier molecular flexibility index (Phi) is 3.24. The number of hydrogen-bond donors (Lipinski definition) is 3. The van der Waals surface area contributed by atoms with Crippen molar-refractivity contribution in [3.8, 4) is 0 Å². The third-order valence-electron chi connectivity index (χ3n) is 2.11. The fourth-order valence-electron chi connectivity index (χ4n) is 1.47. The number of aliphatic hydroxyl groups excluding tert-OH is 2. The van der Waals surface area contributed by atoms with Crippen molar-refractivity contribution >= 4 is 5.91 Å². The molecule has 5 nitrogen and oxygen atoms in total. The van der Waals surface area contributed by atoms with Crippen LogP contribution in [-0.2, 0) is 9.53 Å². The summed E-state index contributed by atoms with van der Waals surface area (Å²) in [5.41, 5.74) is 0. The van der Waals surface area contributed by atoms with Crippen LogP contribution in [0.25, 0.3) is 0 Å². The lowest BCUT2D eigenvalue weighted by Crippen LogP contribution is -2.54. The van der Waals surface area contributed by atoms with E-state index in [1.807, 2.05) is 0 Å². The Balaban J connectivity index is 2.55. The van der Waals surface area contributed by atoms with Crippen molar-refractivity contribution in [2.45, 2.75) is 44.8 Å². The molecule has 0 aromatic rings. The third kappa shape index (κ3) is 2.65. The topological polar surface area (TPSA) is 78.8 Å². The van der Waals surface area contributed by atoms with Crippen LogP contribution >= 0.6 is 0 Å². The summed E-state index contributed by atoms with van der Waals surface area (Å²) in [7, 11) is 0. The Morgan fingerprint density at radius 2 is 2.15 bits per heavy atom. The van der Waals surface area contributed by atoms with Gasteiger partial charge in [-0.3, -0.25) is 4.79 Å². The molecule has 76 valence electrons. The average molecular weight is 189 g/mol. The summed E-state index contributed by atoms with van der Waals surface area (Å²) in [5.74, 6) is -0.217. The Bertz CT molecular complexity index is 197. The van der Waals surface area contributed by atoms with Gasteiger partial charge in [-0.05, 0) is 6.92 Å². The zero-order chi connectivity index (χ0) is 10.0. The molecule has 4 atom stereocenters. The van der Waals surface area contributed by atoms with Gasteiger partial charge in [0, 0.05) is 13.3 Å². The summed E-state index contributed by atoms with van der Waals surface area (Å²) in [4.78, 5) is 10.7. The molecule has 0 aromatic carbocycles. The van der Waals surface area contributed by atoms with E-state index in [1.165, 1.54) is 6.92 Å². The summed E-state index contributed by atoms with van der Waals surface area (Å²) in [6, 6.07) is -0.420. The predicted octanol–water partition coefficient (Wildman–Crippen LogP) is -1.02. The second-order valence-corrected chi connectivity index (χ2v) is 3.33. The molecule has 0 aromatic heterocycles. The molecular weight excluding hydrogens is 174 g/mol. The number of ether oxygens (including phenoxy) is 1. The largest absolute Gasteiger partial charge is 0.388 e. The average Bonchev–Trinajstić information content (AvgIpc) is 1.98. The molecule has 1 saturated heterocycles. The zero-order valence-corrected chi connectivity index (χ0v) is 7.73. The smallest absolute Gasteiger partial charge is 0.217 e. The van der Waals surface area contributed by atoms with Crippen LogP contribution in [0.5, 0.6) is 0 Å². The van der Waals surface area contributed by atoms with Crippen LogP contribution in [0.3, 0.4) is 0 Å². The molecule has 1 heterocycles. The molecule has 3 N–H and O–H groups in total. The van der Waals surface area contributed by atoms with E-state index >= 15 is 0 Å². The number of aliphatic hydroxyl groups is 2. The van der Waals surface area contributed by atoms with Crippen LogP contribution in [-0.4, -0.2) is 40.7 Å². The van der Waals surface area contributed by atoms with Gasteiger partial charge in [0.2, 0.25) is 5.91 Å². The molecule has 0 radical (unpaired) electrons. The van der Waals surface area contributed by atoms with Gasteiger partial charge in [-0.25, -0.2) is 0 Å². The fourth-order valence-corrected chi connectivity index (χ4v) is 1.47. The van der Waals surface area contributed by atoms with Crippen LogP contribution in [0.15, 0.2) is 0 Å². The van der Waals surface area contributed by atoms with Crippen LogP contribution in [0, 0.1) is 0 Å². The van der Waals surface area contributed by atoms with Crippen molar-refractivity contribution in [2.75, 3.05) is 0 Å². The molecule has 13 heavy (non-hydrogen) atoms. The zero-order valence-electron chi connectivity index (χ0n) is 7.73. The molecule has 0 bridgehead atoms. The first kappa shape index (κ1) is 10.4. The normalized spacial score (nSPS) is 40.0. The highest BCUT2D eigenvalue weighted by Gasteiger charge is 2.34. The monoisotopic (exact) mass is 189 g/mol. The number of rotatable bonds is 1. The van der Waals surface area contributed by atoms with Crippen LogP contribution in [0.2, 0.25) is 0 Å². The summed E-state index contributed by atoms with van der Waals surface area (Å²) >= 11 is 0. The maximum Gasteiger partial charge on any atom is 0.217 e. The van der Waals surface area contributed by atoms with Gasteiger partial charge in [-0.1, -0.05) is 0 Å². The molecular formula is C8H15NO4. The second-order valence-electron chi connectivity index (χ2n) is 3.33. The van der Waals surface area contributed by atoms with Crippen molar-refractivity contribution in [3.63, 3.8) is 0 Å². The molecule has 5 heteroatoms. The molecule has 1 amide bonds. The standard InChI is InChI=1S/C8H15NO4/c1-4-8(12)6(9-5(2)10)3-7(11)13-4/h4,6-8,11-12H,3H2,1-2H3,(H,9,10). The van der Waals surface area contributed by atoms with Crippen molar-refractivity contribution in [2.24, 2.45) is 0 Å². The van der Waals surface area contributed by atoms with Crippen molar-refractivity contribution in [3.05, 3.63) is 0 Å². The lowest BCUT2D eigenvalue weighted by molar-refractivity contribution is -0.202. The van der Waals surface area contributed by atoms with Gasteiger partial charge in [0.25, 0.3) is 0 Å². The molecule has 1 aliphatic heterocycles. The van der Waals surface area contributed by atoms with E-state index in [2.05, 4.69) is 5.32 Å². The maximum atomic E-state index is 10.7. The highest BCUT2D eigenvalue weighted by atomic mass is 16.6. The number of amides is 1. The number of carbonyl (C=O) groups excluding carboxylic acids is 1. The molecule has 4 unspecified atom stereocenters. The Morgan fingerprint density at radius 3 is 2.69 bits per heavy atom. The summed E-state index contributed by atoms with van der Waals surface area (Å²) in [6.45, 7) is 3.03. The van der Waals surface area contributed by atoms with Crippen molar-refractivity contribution < 1.29 is 19.7 Å². The molecule has 0 saturated carbocycles. The van der Waals surface area contributed by atoms with E-state index in [1.54, 1.807) is 6.92 Å². The van der Waals surface area contributed by atoms with Gasteiger partial charge >= 0.3 is 0 Å². The number of hydrogen-bond acceptors (Lipinski definition) is 4. The van der Waals surface area contributed by atoms with E-state index in [9.17, 15) is 15.0 Å². The van der Waals surface area contributed by atoms with Gasteiger partial charge in [0.1, 0.15) is 6.10 Å². The van der Waals surface area contributed by atoms with Gasteiger partial charge in [0.15, 0.2) is 6.29 Å². The van der Waals surface area contributed by atoms with E-state index < -0.39 is 24.5 Å². The highest BCUT2D eigenvalue weighted by molar-refractivity contribution is 5.73. The summed E-state index contributed by atoms with van der Waals surface area (Å²) < 4.78 is 4.96. The lowest BCUT2D eigenvalue weighted by Gasteiger charge is -2.35. The van der Waals surface area contributed by atoms with Crippen LogP contribution in [0.4, 0.5) is 0 Å². The van der Waals surface area contributed by atoms with E-state index in [-0.39, 0.29) is 12.3 Å². The van der Waals surface area contributed by atoms with E-state index in [0.717, 1.165) is 0 Å². The summed E-state index contributed by atoms with van der Waals surface area (Å²) in [6.07, 6.45) is -1.89. The molecule has 1 aliphatic rings. The minimum absolute atomic E-state index is 0.217. The molecule has 0 aliphatic carbocycles. The first-order chi connectivity index (χ1) is 6.00. The lowest BCUT2D eigenvalue weighted by atomic mass is 10.00. The van der Waals surface area contributed by atoms with E-state index in [4.69, 9.17) is 4.74 Å². The maximum absolute atomic E-state index is 10.7. The van der Waals surface area contributed by atoms with E-state index in [0.29, 0.717) is 0 Å². The Morgan fingerprint density at radius 1 is 1.54 bits per heavy atom. The minimum Gasteiger partial charge on any atom is -0.388 e. The molecule has 1 fully saturated rings. The number of carbonyl (C=O) groups is 1. The van der Waals surface area contributed by atoms with Crippen LogP contribution in [0.1, 0.15) is 20.3 Å². The first-order valence-electron chi connectivity index (χ1n) is 4.29. The Labute approximate surface area is 76.7 Å². The Hall–Kier alpha value is -0.650. The van der Waals surface area contributed by atoms with Crippen LogP contribution < -0.4 is 5.32 Å².